The maximum absolute atomic E-state index is 5.56. The number of benzene rings is 1. The topological polar surface area (TPSA) is 51.8 Å². The van der Waals surface area contributed by atoms with Crippen molar-refractivity contribution in [2.45, 2.75) is 26.7 Å². The van der Waals surface area contributed by atoms with Crippen molar-refractivity contribution in [3.8, 4) is 11.4 Å². The van der Waals surface area contributed by atoms with Crippen LogP contribution in [0.5, 0.6) is 0 Å². The van der Waals surface area contributed by atoms with Crippen molar-refractivity contribution in [2.24, 2.45) is 5.73 Å². The molecule has 0 radical (unpaired) electrons. The van der Waals surface area contributed by atoms with E-state index in [9.17, 15) is 0 Å². The molecule has 3 heteroatoms. The summed E-state index contributed by atoms with van der Waals surface area (Å²) in [6.45, 7) is 4.80. The Morgan fingerprint density at radius 1 is 1.00 bits per heavy atom. The van der Waals surface area contributed by atoms with Crippen LogP contribution < -0.4 is 5.73 Å². The molecule has 1 aromatic heterocycles. The molecule has 0 atom stereocenters. The van der Waals surface area contributed by atoms with Gasteiger partial charge in [0.25, 0.3) is 0 Å². The van der Waals surface area contributed by atoms with Crippen LogP contribution in [0.4, 0.5) is 0 Å². The van der Waals surface area contributed by atoms with Gasteiger partial charge in [0.1, 0.15) is 0 Å². The molecule has 2 rings (SSSR count). The summed E-state index contributed by atoms with van der Waals surface area (Å²) in [5, 5.41) is 0. The zero-order valence-corrected chi connectivity index (χ0v) is 11.0. The average molecular weight is 241 g/mol. The van der Waals surface area contributed by atoms with Crippen LogP contribution >= 0.6 is 0 Å². The largest absolute Gasteiger partial charge is 0.330 e. The molecule has 0 aliphatic carbocycles. The van der Waals surface area contributed by atoms with E-state index in [0.717, 1.165) is 35.6 Å². The highest BCUT2D eigenvalue weighted by Crippen LogP contribution is 2.19. The van der Waals surface area contributed by atoms with Crippen LogP contribution in [0.15, 0.2) is 30.3 Å². The summed E-state index contributed by atoms with van der Waals surface area (Å²) < 4.78 is 0. The van der Waals surface area contributed by atoms with Gasteiger partial charge in [-0.2, -0.15) is 0 Å². The molecular formula is C15H19N3. The number of rotatable bonds is 4. The Morgan fingerprint density at radius 3 is 2.17 bits per heavy atom. The number of nitrogens with two attached hydrogens (primary N) is 1. The molecular weight excluding hydrogens is 222 g/mol. The fraction of sp³-hybridized carbons (Fsp3) is 0.333. The molecule has 0 saturated carbocycles. The molecule has 18 heavy (non-hydrogen) atoms. The Bertz CT molecular complexity index is 498. The Balaban J connectivity index is 2.36. The Hall–Kier alpha value is -1.74. The molecule has 3 nitrogen and oxygen atoms in total. The number of aromatic nitrogens is 2. The summed E-state index contributed by atoms with van der Waals surface area (Å²) >= 11 is 0. The zero-order valence-electron chi connectivity index (χ0n) is 11.0. The SMILES string of the molecule is Cc1nc(-c2ccccc2)nc(C)c1CCCN. The molecule has 0 amide bonds. The maximum atomic E-state index is 5.56. The minimum Gasteiger partial charge on any atom is -0.330 e. The quantitative estimate of drug-likeness (QED) is 0.895. The molecule has 1 heterocycles. The second kappa shape index (κ2) is 5.74. The minimum atomic E-state index is 0.708. The predicted molar refractivity (Wildman–Crippen MR) is 74.3 cm³/mol. The first-order valence-electron chi connectivity index (χ1n) is 6.32. The fourth-order valence-electron chi connectivity index (χ4n) is 2.10. The van der Waals surface area contributed by atoms with Gasteiger partial charge < -0.3 is 5.73 Å². The monoisotopic (exact) mass is 241 g/mol. The fourth-order valence-corrected chi connectivity index (χ4v) is 2.10. The summed E-state index contributed by atoms with van der Waals surface area (Å²) in [5.41, 5.74) is 9.99. The van der Waals surface area contributed by atoms with Crippen LogP contribution in [0.25, 0.3) is 11.4 Å². The molecule has 1 aromatic carbocycles. The van der Waals surface area contributed by atoms with Gasteiger partial charge in [-0.15, -0.1) is 0 Å². The van der Waals surface area contributed by atoms with Crippen LogP contribution in [-0.2, 0) is 6.42 Å². The molecule has 0 saturated heterocycles. The van der Waals surface area contributed by atoms with Gasteiger partial charge in [-0.1, -0.05) is 30.3 Å². The van der Waals surface area contributed by atoms with Crippen LogP contribution in [0.2, 0.25) is 0 Å². The normalized spacial score (nSPS) is 10.6. The van der Waals surface area contributed by atoms with Gasteiger partial charge in [0.15, 0.2) is 5.82 Å². The molecule has 0 aliphatic heterocycles. The molecule has 0 unspecified atom stereocenters. The summed E-state index contributed by atoms with van der Waals surface area (Å²) in [6.07, 6.45) is 1.94. The number of hydrogen-bond donors (Lipinski definition) is 1. The van der Waals surface area contributed by atoms with Crippen molar-refractivity contribution < 1.29 is 0 Å². The van der Waals surface area contributed by atoms with Crippen LogP contribution in [0, 0.1) is 13.8 Å². The first-order valence-corrected chi connectivity index (χ1v) is 6.32. The Morgan fingerprint density at radius 2 is 1.61 bits per heavy atom. The van der Waals surface area contributed by atoms with Gasteiger partial charge in [0.05, 0.1) is 0 Å². The number of aryl methyl sites for hydroxylation is 2. The number of nitrogens with zero attached hydrogens (tertiary/aromatic N) is 2. The highest BCUT2D eigenvalue weighted by molar-refractivity contribution is 5.55. The van der Waals surface area contributed by atoms with Crippen molar-refractivity contribution in [3.05, 3.63) is 47.3 Å². The van der Waals surface area contributed by atoms with Crippen LogP contribution in [0.1, 0.15) is 23.4 Å². The van der Waals surface area contributed by atoms with E-state index >= 15 is 0 Å². The van der Waals surface area contributed by atoms with Crippen molar-refractivity contribution in [3.63, 3.8) is 0 Å². The van der Waals surface area contributed by atoms with Crippen molar-refractivity contribution in [2.75, 3.05) is 6.54 Å². The van der Waals surface area contributed by atoms with Crippen LogP contribution in [-0.4, -0.2) is 16.5 Å². The maximum Gasteiger partial charge on any atom is 0.159 e. The minimum absolute atomic E-state index is 0.708. The van der Waals surface area contributed by atoms with E-state index in [-0.39, 0.29) is 0 Å². The van der Waals surface area contributed by atoms with Gasteiger partial charge >= 0.3 is 0 Å². The Kier molecular flexibility index (Phi) is 4.05. The predicted octanol–water partition coefficient (Wildman–Crippen LogP) is 2.65. The van der Waals surface area contributed by atoms with Gasteiger partial charge in [-0.25, -0.2) is 9.97 Å². The first-order chi connectivity index (χ1) is 8.72. The van der Waals surface area contributed by atoms with Gasteiger partial charge in [-0.3, -0.25) is 0 Å². The van der Waals surface area contributed by atoms with E-state index in [1.54, 1.807) is 0 Å². The third-order valence-electron chi connectivity index (χ3n) is 3.08. The molecule has 0 fully saturated rings. The lowest BCUT2D eigenvalue weighted by molar-refractivity contribution is 0.806. The second-order valence-electron chi connectivity index (χ2n) is 4.45. The summed E-state index contributed by atoms with van der Waals surface area (Å²) in [4.78, 5) is 9.21. The zero-order chi connectivity index (χ0) is 13.0. The van der Waals surface area contributed by atoms with Crippen LogP contribution in [0.3, 0.4) is 0 Å². The molecule has 0 spiro atoms. The molecule has 0 bridgehead atoms. The smallest absolute Gasteiger partial charge is 0.159 e. The van der Waals surface area contributed by atoms with E-state index in [0.29, 0.717) is 6.54 Å². The third kappa shape index (κ3) is 2.74. The second-order valence-corrected chi connectivity index (χ2v) is 4.45. The Labute approximate surface area is 108 Å². The molecule has 2 aromatic rings. The van der Waals surface area contributed by atoms with Crippen molar-refractivity contribution in [1.29, 1.82) is 0 Å². The van der Waals surface area contributed by atoms with Crippen molar-refractivity contribution >= 4 is 0 Å². The van der Waals surface area contributed by atoms with E-state index < -0.39 is 0 Å². The lowest BCUT2D eigenvalue weighted by atomic mass is 10.1. The number of hydrogen-bond acceptors (Lipinski definition) is 3. The van der Waals surface area contributed by atoms with E-state index in [1.807, 2.05) is 44.2 Å². The average Bonchev–Trinajstić information content (AvgIpc) is 2.39. The molecule has 94 valence electrons. The third-order valence-corrected chi connectivity index (χ3v) is 3.08. The van der Waals surface area contributed by atoms with Gasteiger partial charge in [0, 0.05) is 17.0 Å². The lowest BCUT2D eigenvalue weighted by Crippen LogP contribution is -2.06. The molecule has 0 aliphatic rings. The highest BCUT2D eigenvalue weighted by Gasteiger charge is 2.09. The van der Waals surface area contributed by atoms with Crippen molar-refractivity contribution in [1.82, 2.24) is 9.97 Å². The highest BCUT2D eigenvalue weighted by atomic mass is 14.9. The summed E-state index contributed by atoms with van der Waals surface area (Å²) in [5.74, 6) is 0.807. The molecule has 2 N–H and O–H groups in total. The van der Waals surface area contributed by atoms with Gasteiger partial charge in [-0.05, 0) is 38.8 Å². The standard InChI is InChI=1S/C15H19N3/c1-11-14(9-6-10-16)12(2)18-15(17-11)13-7-4-3-5-8-13/h3-5,7-8H,6,9-10,16H2,1-2H3. The first kappa shape index (κ1) is 12.7. The summed E-state index contributed by atoms with van der Waals surface area (Å²) in [7, 11) is 0. The van der Waals surface area contributed by atoms with Gasteiger partial charge in [0.2, 0.25) is 0 Å². The lowest BCUT2D eigenvalue weighted by Gasteiger charge is -2.10. The van der Waals surface area contributed by atoms with E-state index in [2.05, 4.69) is 9.97 Å². The van der Waals surface area contributed by atoms with E-state index in [4.69, 9.17) is 5.73 Å². The van der Waals surface area contributed by atoms with E-state index in [1.165, 1.54) is 5.56 Å². The summed E-state index contributed by atoms with van der Waals surface area (Å²) in [6, 6.07) is 10.1.